The summed E-state index contributed by atoms with van der Waals surface area (Å²) in [6.45, 7) is 6.83. The molecule has 4 heteroatoms. The number of nitrogens with one attached hydrogen (secondary N) is 1. The van der Waals surface area contributed by atoms with E-state index in [4.69, 9.17) is 4.74 Å². The molecule has 0 atom stereocenters. The van der Waals surface area contributed by atoms with Gasteiger partial charge < -0.3 is 10.1 Å². The van der Waals surface area contributed by atoms with Crippen molar-refractivity contribution >= 4 is 23.4 Å². The van der Waals surface area contributed by atoms with Crippen molar-refractivity contribution in [2.24, 2.45) is 0 Å². The Morgan fingerprint density at radius 2 is 2.00 bits per heavy atom. The van der Waals surface area contributed by atoms with E-state index in [1.165, 1.54) is 11.5 Å². The third-order valence-electron chi connectivity index (χ3n) is 2.46. The number of thioether (sulfide) groups is 1. The van der Waals surface area contributed by atoms with Crippen molar-refractivity contribution in [3.05, 3.63) is 29.8 Å². The molecule has 3 nitrogen and oxygen atoms in total. The van der Waals surface area contributed by atoms with Crippen LogP contribution in [0.1, 0.15) is 37.6 Å². The van der Waals surface area contributed by atoms with Gasteiger partial charge >= 0.3 is 5.97 Å². The highest BCUT2D eigenvalue weighted by atomic mass is 32.2. The van der Waals surface area contributed by atoms with Crippen LogP contribution in [0.3, 0.4) is 0 Å². The van der Waals surface area contributed by atoms with Gasteiger partial charge in [-0.25, -0.2) is 4.79 Å². The molecule has 1 aromatic rings. The molecule has 0 fully saturated rings. The predicted octanol–water partition coefficient (Wildman–Crippen LogP) is 3.81. The van der Waals surface area contributed by atoms with Crippen LogP contribution in [0.15, 0.2) is 24.3 Å². The van der Waals surface area contributed by atoms with Gasteiger partial charge in [0.1, 0.15) is 0 Å². The van der Waals surface area contributed by atoms with Crippen LogP contribution in [-0.4, -0.2) is 30.1 Å². The second-order valence-corrected chi connectivity index (χ2v) is 5.90. The van der Waals surface area contributed by atoms with Crippen LogP contribution in [0.2, 0.25) is 0 Å². The van der Waals surface area contributed by atoms with Crippen molar-refractivity contribution < 1.29 is 9.53 Å². The van der Waals surface area contributed by atoms with Crippen LogP contribution < -0.4 is 5.32 Å². The van der Waals surface area contributed by atoms with Crippen molar-refractivity contribution in [3.63, 3.8) is 0 Å². The van der Waals surface area contributed by atoms with Crippen LogP contribution in [0, 0.1) is 0 Å². The van der Waals surface area contributed by atoms with Gasteiger partial charge in [-0.2, -0.15) is 11.8 Å². The molecule has 0 aromatic heterocycles. The number of ether oxygens (including phenoxy) is 1. The summed E-state index contributed by atoms with van der Waals surface area (Å²) < 4.78 is 5.14. The lowest BCUT2D eigenvalue weighted by Gasteiger charge is -2.09. The summed E-state index contributed by atoms with van der Waals surface area (Å²) in [5, 5.41) is 3.35. The average Bonchev–Trinajstić information content (AvgIpc) is 2.38. The van der Waals surface area contributed by atoms with E-state index in [-0.39, 0.29) is 12.1 Å². The molecular weight excluding hydrogens is 258 g/mol. The molecule has 0 saturated heterocycles. The number of benzene rings is 1. The van der Waals surface area contributed by atoms with Crippen LogP contribution in [0.25, 0.3) is 0 Å². The minimum atomic E-state index is -0.263. The molecule has 106 valence electrons. The number of hydrogen-bond acceptors (Lipinski definition) is 4. The van der Waals surface area contributed by atoms with Gasteiger partial charge in [0, 0.05) is 12.2 Å². The predicted molar refractivity (Wildman–Crippen MR) is 83.1 cm³/mol. The lowest BCUT2D eigenvalue weighted by Crippen LogP contribution is -2.11. The Bertz CT molecular complexity index is 376. The van der Waals surface area contributed by atoms with E-state index < -0.39 is 0 Å². The van der Waals surface area contributed by atoms with Crippen LogP contribution in [-0.2, 0) is 4.74 Å². The minimum Gasteiger partial charge on any atom is -0.459 e. The van der Waals surface area contributed by atoms with Gasteiger partial charge in [-0.15, -0.1) is 0 Å². The Balaban J connectivity index is 2.37. The highest BCUT2D eigenvalue weighted by Gasteiger charge is 2.08. The molecule has 0 saturated carbocycles. The summed E-state index contributed by atoms with van der Waals surface area (Å²) in [6, 6.07) is 7.44. The quantitative estimate of drug-likeness (QED) is 0.581. The van der Waals surface area contributed by atoms with Gasteiger partial charge in [-0.3, -0.25) is 0 Å². The summed E-state index contributed by atoms with van der Waals surface area (Å²) in [7, 11) is 0. The maximum atomic E-state index is 11.7. The lowest BCUT2D eigenvalue weighted by atomic mass is 10.2. The molecule has 1 aromatic carbocycles. The van der Waals surface area contributed by atoms with Gasteiger partial charge in [0.05, 0.1) is 11.7 Å². The first-order valence-electron chi connectivity index (χ1n) is 6.76. The third-order valence-corrected chi connectivity index (χ3v) is 3.45. The molecule has 0 amide bonds. The zero-order valence-electron chi connectivity index (χ0n) is 11.9. The van der Waals surface area contributed by atoms with Gasteiger partial charge in [0.2, 0.25) is 0 Å². The van der Waals surface area contributed by atoms with E-state index in [0.29, 0.717) is 5.56 Å². The van der Waals surface area contributed by atoms with E-state index in [1.807, 2.05) is 37.7 Å². The fraction of sp³-hybridized carbons (Fsp3) is 0.533. The van der Waals surface area contributed by atoms with E-state index in [9.17, 15) is 4.79 Å². The molecule has 0 heterocycles. The lowest BCUT2D eigenvalue weighted by molar-refractivity contribution is 0.0378. The summed E-state index contributed by atoms with van der Waals surface area (Å²) in [4.78, 5) is 11.7. The maximum absolute atomic E-state index is 11.7. The summed E-state index contributed by atoms with van der Waals surface area (Å²) >= 11 is 1.95. The Morgan fingerprint density at radius 1 is 1.32 bits per heavy atom. The summed E-state index contributed by atoms with van der Waals surface area (Å²) in [6.07, 6.45) is 1.07. The van der Waals surface area contributed by atoms with E-state index in [0.717, 1.165) is 18.7 Å². The van der Waals surface area contributed by atoms with Crippen molar-refractivity contribution in [1.82, 2.24) is 0 Å². The van der Waals surface area contributed by atoms with Crippen LogP contribution in [0.4, 0.5) is 5.69 Å². The normalized spacial score (nSPS) is 10.5. The first-order valence-corrected chi connectivity index (χ1v) is 7.91. The molecule has 0 bridgehead atoms. The smallest absolute Gasteiger partial charge is 0.338 e. The zero-order valence-corrected chi connectivity index (χ0v) is 12.8. The van der Waals surface area contributed by atoms with Crippen molar-refractivity contribution in [1.29, 1.82) is 0 Å². The van der Waals surface area contributed by atoms with Gasteiger partial charge in [-0.05, 0) is 56.0 Å². The summed E-state index contributed by atoms with van der Waals surface area (Å²) in [5.41, 5.74) is 1.64. The first kappa shape index (κ1) is 15.9. The molecule has 1 rings (SSSR count). The zero-order chi connectivity index (χ0) is 14.1. The Kier molecular flexibility index (Phi) is 7.41. The first-order chi connectivity index (χ1) is 9.13. The molecule has 0 aliphatic rings. The topological polar surface area (TPSA) is 38.3 Å². The fourth-order valence-corrected chi connectivity index (χ4v) is 2.19. The largest absolute Gasteiger partial charge is 0.459 e. The average molecular weight is 281 g/mol. The highest BCUT2D eigenvalue weighted by Crippen LogP contribution is 2.11. The standard InChI is InChI=1S/C15H23NO2S/c1-4-19-11-5-10-16-14-8-6-13(7-9-14)15(17)18-12(2)3/h6-9,12,16H,4-5,10-11H2,1-3H3. The minimum absolute atomic E-state index is 0.0821. The third kappa shape index (κ3) is 6.53. The molecule has 0 aliphatic heterocycles. The SMILES string of the molecule is CCSCCCNc1ccc(C(=O)OC(C)C)cc1. The van der Waals surface area contributed by atoms with Gasteiger partial charge in [0.15, 0.2) is 0 Å². The van der Waals surface area contributed by atoms with E-state index >= 15 is 0 Å². The second kappa shape index (κ2) is 8.86. The van der Waals surface area contributed by atoms with Crippen molar-refractivity contribution in [2.75, 3.05) is 23.4 Å². The molecular formula is C15H23NO2S. The van der Waals surface area contributed by atoms with Crippen LogP contribution in [0.5, 0.6) is 0 Å². The molecule has 0 unspecified atom stereocenters. The van der Waals surface area contributed by atoms with E-state index in [2.05, 4.69) is 12.2 Å². The highest BCUT2D eigenvalue weighted by molar-refractivity contribution is 7.99. The Morgan fingerprint density at radius 3 is 2.58 bits per heavy atom. The second-order valence-electron chi connectivity index (χ2n) is 4.51. The number of carbonyl (C=O) groups is 1. The molecule has 0 aliphatic carbocycles. The number of rotatable bonds is 8. The van der Waals surface area contributed by atoms with Crippen molar-refractivity contribution in [2.45, 2.75) is 33.3 Å². The molecule has 0 radical (unpaired) electrons. The fourth-order valence-electron chi connectivity index (χ4n) is 1.56. The summed E-state index contributed by atoms with van der Waals surface area (Å²) in [5.74, 6) is 2.09. The van der Waals surface area contributed by atoms with Crippen LogP contribution >= 0.6 is 11.8 Å². The van der Waals surface area contributed by atoms with Crippen molar-refractivity contribution in [3.8, 4) is 0 Å². The number of esters is 1. The Hall–Kier alpha value is -1.16. The van der Waals surface area contributed by atoms with E-state index in [1.54, 1.807) is 12.1 Å². The Labute approximate surface area is 120 Å². The molecule has 19 heavy (non-hydrogen) atoms. The molecule has 1 N–H and O–H groups in total. The molecule has 0 spiro atoms. The maximum Gasteiger partial charge on any atom is 0.338 e. The number of anilines is 1. The van der Waals surface area contributed by atoms with Gasteiger partial charge in [-0.1, -0.05) is 6.92 Å². The monoisotopic (exact) mass is 281 g/mol. The number of hydrogen-bond donors (Lipinski definition) is 1. The number of carbonyl (C=O) groups excluding carboxylic acids is 1. The van der Waals surface area contributed by atoms with Gasteiger partial charge in [0.25, 0.3) is 0 Å².